The van der Waals surface area contributed by atoms with Gasteiger partial charge in [-0.15, -0.1) is 0 Å². The van der Waals surface area contributed by atoms with E-state index in [0.717, 1.165) is 5.56 Å². The zero-order valence-corrected chi connectivity index (χ0v) is 11.8. The van der Waals surface area contributed by atoms with Gasteiger partial charge in [-0.25, -0.2) is 0 Å². The molecule has 0 aliphatic carbocycles. The van der Waals surface area contributed by atoms with Gasteiger partial charge in [-0.3, -0.25) is 4.79 Å². The van der Waals surface area contributed by atoms with Crippen molar-refractivity contribution in [3.05, 3.63) is 23.8 Å². The minimum Gasteiger partial charge on any atom is -0.497 e. The van der Waals surface area contributed by atoms with Crippen molar-refractivity contribution in [3.8, 4) is 11.5 Å². The van der Waals surface area contributed by atoms with Crippen molar-refractivity contribution in [2.24, 2.45) is 5.73 Å². The molecule has 1 aromatic carbocycles. The number of nitrogens with zero attached hydrogens (tertiary/aromatic N) is 1. The highest BCUT2D eigenvalue weighted by molar-refractivity contribution is 5.77. The van der Waals surface area contributed by atoms with Crippen LogP contribution in [0.15, 0.2) is 18.2 Å². The predicted molar refractivity (Wildman–Crippen MR) is 74.6 cm³/mol. The molecule has 0 spiro atoms. The van der Waals surface area contributed by atoms with Crippen molar-refractivity contribution in [3.63, 3.8) is 0 Å². The van der Waals surface area contributed by atoms with Gasteiger partial charge < -0.3 is 20.1 Å². The molecular weight excluding hydrogens is 244 g/mol. The molecule has 0 aliphatic rings. The fourth-order valence-corrected chi connectivity index (χ4v) is 1.58. The Morgan fingerprint density at radius 1 is 1.42 bits per heavy atom. The number of methoxy groups -OCH3 is 1. The zero-order valence-electron chi connectivity index (χ0n) is 11.8. The third kappa shape index (κ3) is 4.44. The molecule has 2 N–H and O–H groups in total. The summed E-state index contributed by atoms with van der Waals surface area (Å²) in [6.07, 6.45) is 0.705. The lowest BCUT2D eigenvalue weighted by molar-refractivity contribution is -0.131. The maximum absolute atomic E-state index is 11.7. The van der Waals surface area contributed by atoms with Gasteiger partial charge in [-0.1, -0.05) is 6.07 Å². The predicted octanol–water partition coefficient (Wildman–Crippen LogP) is 1.05. The molecule has 0 atom stereocenters. The molecule has 0 aliphatic heterocycles. The molecule has 0 saturated heterocycles. The fraction of sp³-hybridized carbons (Fsp3) is 0.500. The van der Waals surface area contributed by atoms with Crippen molar-refractivity contribution in [1.29, 1.82) is 0 Å². The Morgan fingerprint density at radius 2 is 2.16 bits per heavy atom. The van der Waals surface area contributed by atoms with Crippen LogP contribution in [0.4, 0.5) is 0 Å². The van der Waals surface area contributed by atoms with E-state index in [2.05, 4.69) is 0 Å². The Kier molecular flexibility index (Phi) is 6.15. The maximum Gasteiger partial charge on any atom is 0.260 e. The van der Waals surface area contributed by atoms with Crippen LogP contribution in [0.2, 0.25) is 0 Å². The number of hydrogen-bond donors (Lipinski definition) is 1. The van der Waals surface area contributed by atoms with Gasteiger partial charge >= 0.3 is 0 Å². The molecule has 0 heterocycles. The maximum atomic E-state index is 11.7. The summed E-state index contributed by atoms with van der Waals surface area (Å²) in [6, 6.07) is 5.55. The second-order valence-corrected chi connectivity index (χ2v) is 4.21. The number of carbonyl (C=O) groups excluding carboxylic acids is 1. The first kappa shape index (κ1) is 15.3. The van der Waals surface area contributed by atoms with Gasteiger partial charge in [-0.05, 0) is 31.5 Å². The van der Waals surface area contributed by atoms with E-state index in [1.807, 2.05) is 19.1 Å². The number of benzene rings is 1. The number of likely N-dealkylation sites (N-methyl/N-ethyl adjacent to an activating group) is 1. The highest BCUT2D eigenvalue weighted by atomic mass is 16.5. The molecule has 1 amide bonds. The van der Waals surface area contributed by atoms with E-state index in [9.17, 15) is 4.79 Å². The molecular formula is C14H22N2O3. The van der Waals surface area contributed by atoms with Gasteiger partial charge in [-0.2, -0.15) is 0 Å². The average molecular weight is 266 g/mol. The number of carbonyl (C=O) groups is 1. The fourth-order valence-electron chi connectivity index (χ4n) is 1.58. The van der Waals surface area contributed by atoms with E-state index in [0.29, 0.717) is 31.0 Å². The first-order chi connectivity index (χ1) is 9.12. The van der Waals surface area contributed by atoms with E-state index in [4.69, 9.17) is 15.2 Å². The summed E-state index contributed by atoms with van der Waals surface area (Å²) in [4.78, 5) is 13.3. The summed E-state index contributed by atoms with van der Waals surface area (Å²) >= 11 is 0. The van der Waals surface area contributed by atoms with Crippen LogP contribution < -0.4 is 15.2 Å². The van der Waals surface area contributed by atoms with E-state index in [1.54, 1.807) is 25.1 Å². The van der Waals surface area contributed by atoms with Crippen LogP contribution in [0.3, 0.4) is 0 Å². The highest BCUT2D eigenvalue weighted by Gasteiger charge is 2.10. The zero-order chi connectivity index (χ0) is 14.3. The second-order valence-electron chi connectivity index (χ2n) is 4.21. The van der Waals surface area contributed by atoms with Gasteiger partial charge in [0.1, 0.15) is 11.5 Å². The molecule has 5 nitrogen and oxygen atoms in total. The average Bonchev–Trinajstić information content (AvgIpc) is 2.45. The van der Waals surface area contributed by atoms with E-state index >= 15 is 0 Å². The lowest BCUT2D eigenvalue weighted by Crippen LogP contribution is -2.31. The molecule has 0 saturated carbocycles. The van der Waals surface area contributed by atoms with Crippen LogP contribution in [0.1, 0.15) is 12.5 Å². The van der Waals surface area contributed by atoms with Gasteiger partial charge in [0.25, 0.3) is 5.91 Å². The Labute approximate surface area is 114 Å². The van der Waals surface area contributed by atoms with Crippen LogP contribution >= 0.6 is 0 Å². The molecule has 19 heavy (non-hydrogen) atoms. The smallest absolute Gasteiger partial charge is 0.260 e. The summed E-state index contributed by atoms with van der Waals surface area (Å²) in [5.41, 5.74) is 6.55. The quantitative estimate of drug-likeness (QED) is 0.801. The van der Waals surface area contributed by atoms with Crippen molar-refractivity contribution >= 4 is 5.91 Å². The highest BCUT2D eigenvalue weighted by Crippen LogP contribution is 2.25. The molecule has 5 heteroatoms. The van der Waals surface area contributed by atoms with Crippen LogP contribution in [-0.2, 0) is 11.2 Å². The minimum absolute atomic E-state index is 0.0229. The first-order valence-electron chi connectivity index (χ1n) is 6.36. The Bertz CT molecular complexity index is 421. The molecule has 1 aromatic rings. The minimum atomic E-state index is -0.0518. The third-order valence-electron chi connectivity index (χ3n) is 2.94. The first-order valence-corrected chi connectivity index (χ1v) is 6.36. The third-order valence-corrected chi connectivity index (χ3v) is 2.94. The lowest BCUT2D eigenvalue weighted by Gasteiger charge is -2.16. The van der Waals surface area contributed by atoms with E-state index < -0.39 is 0 Å². The van der Waals surface area contributed by atoms with Gasteiger partial charge in [0, 0.05) is 19.7 Å². The SMILES string of the molecule is CCN(C)C(=O)COc1cc(OC)ccc1CCN. The van der Waals surface area contributed by atoms with Crippen LogP contribution in [0.5, 0.6) is 11.5 Å². The summed E-state index contributed by atoms with van der Waals surface area (Å²) in [5, 5.41) is 0. The molecule has 0 bridgehead atoms. The Balaban J connectivity index is 2.76. The molecule has 0 unspecified atom stereocenters. The van der Waals surface area contributed by atoms with Crippen molar-refractivity contribution in [1.82, 2.24) is 4.90 Å². The summed E-state index contributed by atoms with van der Waals surface area (Å²) < 4.78 is 10.7. The second kappa shape index (κ2) is 7.63. The summed E-state index contributed by atoms with van der Waals surface area (Å²) in [6.45, 7) is 3.14. The number of amides is 1. The number of hydrogen-bond acceptors (Lipinski definition) is 4. The molecule has 0 radical (unpaired) electrons. The van der Waals surface area contributed by atoms with Crippen molar-refractivity contribution in [2.75, 3.05) is 33.9 Å². The van der Waals surface area contributed by atoms with E-state index in [1.165, 1.54) is 0 Å². The van der Waals surface area contributed by atoms with Gasteiger partial charge in [0.05, 0.1) is 7.11 Å². The van der Waals surface area contributed by atoms with E-state index in [-0.39, 0.29) is 12.5 Å². The molecule has 1 rings (SSSR count). The Morgan fingerprint density at radius 3 is 2.74 bits per heavy atom. The Hall–Kier alpha value is -1.75. The summed E-state index contributed by atoms with van der Waals surface area (Å²) in [5.74, 6) is 1.30. The monoisotopic (exact) mass is 266 g/mol. The van der Waals surface area contributed by atoms with Crippen LogP contribution in [0.25, 0.3) is 0 Å². The van der Waals surface area contributed by atoms with Crippen LogP contribution in [-0.4, -0.2) is 44.7 Å². The normalized spacial score (nSPS) is 10.1. The lowest BCUT2D eigenvalue weighted by atomic mass is 10.1. The molecule has 106 valence electrons. The van der Waals surface area contributed by atoms with Gasteiger partial charge in [0.2, 0.25) is 0 Å². The molecule has 0 aromatic heterocycles. The number of nitrogens with two attached hydrogens (primary N) is 1. The summed E-state index contributed by atoms with van der Waals surface area (Å²) in [7, 11) is 3.34. The van der Waals surface area contributed by atoms with Crippen molar-refractivity contribution < 1.29 is 14.3 Å². The standard InChI is InChI=1S/C14H22N2O3/c1-4-16(2)14(17)10-19-13-9-12(18-3)6-5-11(13)7-8-15/h5-6,9H,4,7-8,10,15H2,1-3H3. The van der Waals surface area contributed by atoms with Crippen LogP contribution in [0, 0.1) is 0 Å². The van der Waals surface area contributed by atoms with Crippen molar-refractivity contribution in [2.45, 2.75) is 13.3 Å². The van der Waals surface area contributed by atoms with Gasteiger partial charge in [0.15, 0.2) is 6.61 Å². The largest absolute Gasteiger partial charge is 0.497 e. The number of ether oxygens (including phenoxy) is 2. The number of rotatable bonds is 7. The molecule has 0 fully saturated rings. The topological polar surface area (TPSA) is 64.8 Å².